The van der Waals surface area contributed by atoms with Crippen molar-refractivity contribution in [2.45, 2.75) is 32.9 Å². The average Bonchev–Trinajstić information content (AvgIpc) is 2.90. The third-order valence-corrected chi connectivity index (χ3v) is 7.38. The van der Waals surface area contributed by atoms with Gasteiger partial charge in [0.1, 0.15) is 0 Å². The first-order valence-electron chi connectivity index (χ1n) is 11.7. The summed E-state index contributed by atoms with van der Waals surface area (Å²) in [6.45, 7) is 3.57. The van der Waals surface area contributed by atoms with E-state index in [-0.39, 0.29) is 24.2 Å². The maximum atomic E-state index is 13.9. The number of nitrogens with one attached hydrogen (secondary N) is 2. The Hall–Kier alpha value is -3.55. The number of rotatable bonds is 9. The lowest BCUT2D eigenvalue weighted by Crippen LogP contribution is -2.31. The highest BCUT2D eigenvalue weighted by atomic mass is 32.2. The molecule has 1 amide bonds. The summed E-state index contributed by atoms with van der Waals surface area (Å²) in [7, 11) is -3.49. The van der Waals surface area contributed by atoms with Crippen LogP contribution >= 0.6 is 0 Å². The minimum absolute atomic E-state index is 0.0386. The second kappa shape index (κ2) is 10.8. The van der Waals surface area contributed by atoms with Crippen LogP contribution in [0.3, 0.4) is 0 Å². The summed E-state index contributed by atoms with van der Waals surface area (Å²) in [6, 6.07) is 26.6. The Balaban J connectivity index is 1.89. The van der Waals surface area contributed by atoms with Gasteiger partial charge in [0.05, 0.1) is 28.6 Å². The minimum Gasteiger partial charge on any atom is -0.345 e. The summed E-state index contributed by atoms with van der Waals surface area (Å²) in [5, 5.41) is 3.86. The quantitative estimate of drug-likeness (QED) is 0.339. The van der Waals surface area contributed by atoms with Gasteiger partial charge in [-0.1, -0.05) is 85.8 Å². The lowest BCUT2D eigenvalue weighted by Gasteiger charge is -2.21. The zero-order valence-electron chi connectivity index (χ0n) is 19.9. The van der Waals surface area contributed by atoms with Crippen LogP contribution in [0.25, 0.3) is 22.2 Å². The van der Waals surface area contributed by atoms with E-state index in [1.54, 1.807) is 6.92 Å². The highest BCUT2D eigenvalue weighted by Gasteiger charge is 2.24. The first kappa shape index (κ1) is 24.6. The van der Waals surface area contributed by atoms with Crippen LogP contribution in [-0.4, -0.2) is 25.1 Å². The molecule has 4 aromatic rings. The molecule has 35 heavy (non-hydrogen) atoms. The Labute approximate surface area is 206 Å². The van der Waals surface area contributed by atoms with Crippen molar-refractivity contribution in [1.82, 2.24) is 15.0 Å². The summed E-state index contributed by atoms with van der Waals surface area (Å²) in [6.07, 6.45) is 0.710. The predicted molar refractivity (Wildman–Crippen MR) is 140 cm³/mol. The van der Waals surface area contributed by atoms with Gasteiger partial charge in [0, 0.05) is 23.1 Å². The van der Waals surface area contributed by atoms with Gasteiger partial charge in [-0.25, -0.2) is 18.1 Å². The molecule has 6 nitrogen and oxygen atoms in total. The van der Waals surface area contributed by atoms with Gasteiger partial charge in [-0.2, -0.15) is 0 Å². The zero-order valence-corrected chi connectivity index (χ0v) is 20.7. The van der Waals surface area contributed by atoms with E-state index < -0.39 is 10.0 Å². The standard InChI is InChI=1S/C28H29N3O3S/c1-3-24(20-13-7-5-8-14-20)31-28(32)26-22-17-11-12-18-25(22)30-27(21-15-9-6-10-16-21)23(26)19-29-35(33,34)4-2/h5-18,24,29H,3-4,19H2,1-2H3,(H,31,32)/t24-/m0/s1. The van der Waals surface area contributed by atoms with E-state index in [1.165, 1.54) is 0 Å². The fourth-order valence-corrected chi connectivity index (χ4v) is 4.71. The molecule has 0 bridgehead atoms. The maximum absolute atomic E-state index is 13.9. The molecule has 0 aliphatic rings. The van der Waals surface area contributed by atoms with Gasteiger partial charge in [0.2, 0.25) is 10.0 Å². The fourth-order valence-electron chi connectivity index (χ4n) is 4.14. The third-order valence-electron chi connectivity index (χ3n) is 6.03. The molecule has 0 saturated carbocycles. The van der Waals surface area contributed by atoms with Crippen molar-refractivity contribution in [3.05, 3.63) is 102 Å². The van der Waals surface area contributed by atoms with Crippen molar-refractivity contribution in [2.24, 2.45) is 0 Å². The van der Waals surface area contributed by atoms with Crippen LogP contribution < -0.4 is 10.0 Å². The molecule has 0 radical (unpaired) electrons. The number of nitrogens with zero attached hydrogens (tertiary/aromatic N) is 1. The monoisotopic (exact) mass is 487 g/mol. The van der Waals surface area contributed by atoms with Crippen LogP contribution in [0.15, 0.2) is 84.9 Å². The Morgan fingerprint density at radius 3 is 2.17 bits per heavy atom. The van der Waals surface area contributed by atoms with Crippen molar-refractivity contribution >= 4 is 26.8 Å². The van der Waals surface area contributed by atoms with E-state index in [2.05, 4.69) is 10.0 Å². The van der Waals surface area contributed by atoms with Gasteiger partial charge < -0.3 is 5.32 Å². The normalized spacial score (nSPS) is 12.4. The van der Waals surface area contributed by atoms with E-state index in [0.29, 0.717) is 34.1 Å². The van der Waals surface area contributed by atoms with E-state index in [9.17, 15) is 13.2 Å². The summed E-state index contributed by atoms with van der Waals surface area (Å²) >= 11 is 0. The first-order chi connectivity index (χ1) is 16.9. The van der Waals surface area contributed by atoms with E-state index >= 15 is 0 Å². The number of hydrogen-bond acceptors (Lipinski definition) is 4. The van der Waals surface area contributed by atoms with Gasteiger partial charge in [-0.15, -0.1) is 0 Å². The van der Waals surface area contributed by atoms with Gasteiger partial charge in [-0.05, 0) is 25.0 Å². The van der Waals surface area contributed by atoms with Gasteiger partial charge in [0.25, 0.3) is 5.91 Å². The molecule has 1 atom stereocenters. The third kappa shape index (κ3) is 5.58. The molecule has 0 fully saturated rings. The molecule has 1 aromatic heterocycles. The molecule has 0 aliphatic heterocycles. The van der Waals surface area contributed by atoms with Crippen LogP contribution in [0, 0.1) is 0 Å². The van der Waals surface area contributed by atoms with Crippen molar-refractivity contribution in [2.75, 3.05) is 5.75 Å². The van der Waals surface area contributed by atoms with E-state index in [0.717, 1.165) is 11.1 Å². The van der Waals surface area contributed by atoms with Crippen molar-refractivity contribution < 1.29 is 13.2 Å². The number of carbonyl (C=O) groups is 1. The second-order valence-corrected chi connectivity index (χ2v) is 10.4. The number of carbonyl (C=O) groups excluding carboxylic acids is 1. The number of hydrogen-bond donors (Lipinski definition) is 2. The summed E-state index contributed by atoms with van der Waals surface area (Å²) < 4.78 is 27.3. The molecule has 0 saturated heterocycles. The molecule has 0 aliphatic carbocycles. The van der Waals surface area contributed by atoms with Crippen molar-refractivity contribution in [3.8, 4) is 11.3 Å². The Morgan fingerprint density at radius 2 is 1.51 bits per heavy atom. The van der Waals surface area contributed by atoms with Crippen LogP contribution in [0.1, 0.15) is 47.8 Å². The molecule has 4 rings (SSSR count). The minimum atomic E-state index is -3.49. The van der Waals surface area contributed by atoms with Crippen LogP contribution in [-0.2, 0) is 16.6 Å². The lowest BCUT2D eigenvalue weighted by molar-refractivity contribution is 0.0936. The average molecular weight is 488 g/mol. The fraction of sp³-hybridized carbons (Fsp3) is 0.214. The van der Waals surface area contributed by atoms with Crippen LogP contribution in [0.4, 0.5) is 0 Å². The van der Waals surface area contributed by atoms with Crippen LogP contribution in [0.5, 0.6) is 0 Å². The highest BCUT2D eigenvalue weighted by molar-refractivity contribution is 7.89. The van der Waals surface area contributed by atoms with Crippen LogP contribution in [0.2, 0.25) is 0 Å². The summed E-state index contributed by atoms with van der Waals surface area (Å²) in [5.41, 5.74) is 4.06. The number of benzene rings is 3. The predicted octanol–water partition coefficient (Wildman–Crippen LogP) is 5.22. The van der Waals surface area contributed by atoms with Gasteiger partial charge in [-0.3, -0.25) is 4.79 Å². The SMILES string of the molecule is CC[C@H](NC(=O)c1c(CNS(=O)(=O)CC)c(-c2ccccc2)nc2ccccc12)c1ccccc1. The molecule has 2 N–H and O–H groups in total. The van der Waals surface area contributed by atoms with Crippen molar-refractivity contribution in [1.29, 1.82) is 0 Å². The highest BCUT2D eigenvalue weighted by Crippen LogP contribution is 2.31. The smallest absolute Gasteiger partial charge is 0.252 e. The number of amides is 1. The van der Waals surface area contributed by atoms with E-state index in [4.69, 9.17) is 4.98 Å². The lowest BCUT2D eigenvalue weighted by atomic mass is 9.95. The molecule has 0 spiro atoms. The number of para-hydroxylation sites is 1. The Morgan fingerprint density at radius 1 is 0.886 bits per heavy atom. The second-order valence-electron chi connectivity index (χ2n) is 8.27. The topological polar surface area (TPSA) is 88.2 Å². The summed E-state index contributed by atoms with van der Waals surface area (Å²) in [5.74, 6) is -0.315. The Kier molecular flexibility index (Phi) is 7.58. The van der Waals surface area contributed by atoms with E-state index in [1.807, 2.05) is 91.9 Å². The largest absolute Gasteiger partial charge is 0.345 e. The first-order valence-corrected chi connectivity index (χ1v) is 13.4. The number of fused-ring (bicyclic) bond motifs is 1. The molecule has 3 aromatic carbocycles. The molecule has 7 heteroatoms. The van der Waals surface area contributed by atoms with Gasteiger partial charge in [0.15, 0.2) is 0 Å². The Bertz CT molecular complexity index is 1420. The maximum Gasteiger partial charge on any atom is 0.252 e. The number of sulfonamides is 1. The molecule has 1 heterocycles. The molecule has 180 valence electrons. The number of aromatic nitrogens is 1. The molecule has 0 unspecified atom stereocenters. The molecular weight excluding hydrogens is 458 g/mol. The zero-order chi connectivity index (χ0) is 24.8. The van der Waals surface area contributed by atoms with Crippen molar-refractivity contribution in [3.63, 3.8) is 0 Å². The molecular formula is C28H29N3O3S. The number of pyridine rings is 1. The van der Waals surface area contributed by atoms with Gasteiger partial charge >= 0.3 is 0 Å². The summed E-state index contributed by atoms with van der Waals surface area (Å²) in [4.78, 5) is 18.7.